The minimum atomic E-state index is -2.70. The molecule has 1 aliphatic heterocycles. The molecule has 0 saturated heterocycles. The van der Waals surface area contributed by atoms with Gasteiger partial charge in [-0.15, -0.1) is 0 Å². The summed E-state index contributed by atoms with van der Waals surface area (Å²) < 4.78 is 26.6. The average molecular weight is 366 g/mol. The van der Waals surface area contributed by atoms with Crippen molar-refractivity contribution in [2.24, 2.45) is 27.4 Å². The van der Waals surface area contributed by atoms with E-state index in [9.17, 15) is 13.6 Å². The number of allylic oxidation sites excluding steroid dienone is 1. The van der Waals surface area contributed by atoms with Gasteiger partial charge in [-0.1, -0.05) is 0 Å². The third-order valence-electron chi connectivity index (χ3n) is 4.33. The number of nitrogens with two attached hydrogens (primary N) is 2. The van der Waals surface area contributed by atoms with Gasteiger partial charge in [0.1, 0.15) is 5.84 Å². The van der Waals surface area contributed by atoms with Crippen LogP contribution in [0.1, 0.15) is 19.8 Å². The molecule has 1 heterocycles. The summed E-state index contributed by atoms with van der Waals surface area (Å²) in [5.41, 5.74) is 10.6. The standard InChI is InChI=1S/C17H24F2N6O/c1-17(11-3-4-11)5-13(14(18)19)24-15(25-17)12(7-21)16(26)23-9-10(6-20)8-22-2/h5-8,11,14H,3-4,9,20-21H2,1-2H3,(H,23,26)(H,24,25). The first-order valence-corrected chi connectivity index (χ1v) is 8.25. The molecule has 0 spiro atoms. The Morgan fingerprint density at radius 3 is 2.69 bits per heavy atom. The average Bonchev–Trinajstić information content (AvgIpc) is 3.44. The summed E-state index contributed by atoms with van der Waals surface area (Å²) in [7, 11) is 1.58. The van der Waals surface area contributed by atoms with Crippen molar-refractivity contribution in [3.05, 3.63) is 35.3 Å². The van der Waals surface area contributed by atoms with Crippen LogP contribution >= 0.6 is 0 Å². The van der Waals surface area contributed by atoms with E-state index < -0.39 is 17.9 Å². The maximum Gasteiger partial charge on any atom is 0.278 e. The van der Waals surface area contributed by atoms with Gasteiger partial charge >= 0.3 is 0 Å². The van der Waals surface area contributed by atoms with E-state index in [0.29, 0.717) is 5.57 Å². The number of nitrogens with zero attached hydrogens (tertiary/aromatic N) is 2. The predicted octanol–water partition coefficient (Wildman–Crippen LogP) is 0.808. The molecule has 1 atom stereocenters. The molecule has 0 radical (unpaired) electrons. The molecule has 142 valence electrons. The zero-order chi connectivity index (χ0) is 19.3. The van der Waals surface area contributed by atoms with Crippen LogP contribution in [-0.2, 0) is 4.79 Å². The second-order valence-corrected chi connectivity index (χ2v) is 6.38. The first-order valence-electron chi connectivity index (χ1n) is 8.25. The number of rotatable bonds is 7. The molecule has 1 aliphatic carbocycles. The summed E-state index contributed by atoms with van der Waals surface area (Å²) >= 11 is 0. The Kier molecular flexibility index (Phi) is 6.12. The van der Waals surface area contributed by atoms with Gasteiger partial charge in [-0.25, -0.2) is 8.78 Å². The Morgan fingerprint density at radius 1 is 1.50 bits per heavy atom. The Balaban J connectivity index is 2.20. The summed E-state index contributed by atoms with van der Waals surface area (Å²) in [5, 5.41) is 5.16. The van der Waals surface area contributed by atoms with Gasteiger partial charge in [-0.05, 0) is 31.8 Å². The number of hydrogen-bond acceptors (Lipinski definition) is 6. The maximum atomic E-state index is 13.3. The largest absolute Gasteiger partial charge is 0.404 e. The van der Waals surface area contributed by atoms with E-state index in [4.69, 9.17) is 11.5 Å². The Bertz CT molecular complexity index is 706. The lowest BCUT2D eigenvalue weighted by molar-refractivity contribution is -0.116. The van der Waals surface area contributed by atoms with Crippen LogP contribution in [0.3, 0.4) is 0 Å². The van der Waals surface area contributed by atoms with Gasteiger partial charge in [0.05, 0.1) is 16.8 Å². The van der Waals surface area contributed by atoms with E-state index in [-0.39, 0.29) is 29.6 Å². The number of carbonyl (C=O) groups is 1. The molecule has 0 aromatic carbocycles. The van der Waals surface area contributed by atoms with Gasteiger partial charge in [0, 0.05) is 37.8 Å². The van der Waals surface area contributed by atoms with Crippen LogP contribution in [-0.4, -0.2) is 43.5 Å². The van der Waals surface area contributed by atoms with Gasteiger partial charge in [0.25, 0.3) is 12.3 Å². The fourth-order valence-corrected chi connectivity index (χ4v) is 2.76. The van der Waals surface area contributed by atoms with Gasteiger partial charge in [0.15, 0.2) is 0 Å². The molecular formula is C17H24F2N6O. The normalized spacial score (nSPS) is 24.3. The van der Waals surface area contributed by atoms with Crippen molar-refractivity contribution in [1.29, 1.82) is 0 Å². The van der Waals surface area contributed by atoms with Crippen LogP contribution in [0.25, 0.3) is 0 Å². The molecule has 1 fully saturated rings. The molecule has 7 nitrogen and oxygen atoms in total. The third kappa shape index (κ3) is 4.47. The Morgan fingerprint density at radius 2 is 2.19 bits per heavy atom. The van der Waals surface area contributed by atoms with Crippen LogP contribution < -0.4 is 22.1 Å². The van der Waals surface area contributed by atoms with Crippen molar-refractivity contribution in [1.82, 2.24) is 10.6 Å². The molecule has 26 heavy (non-hydrogen) atoms. The molecule has 2 aliphatic rings. The van der Waals surface area contributed by atoms with Crippen LogP contribution in [0.4, 0.5) is 8.78 Å². The van der Waals surface area contributed by atoms with Gasteiger partial charge in [0.2, 0.25) is 0 Å². The van der Waals surface area contributed by atoms with E-state index >= 15 is 0 Å². The van der Waals surface area contributed by atoms with Gasteiger partial charge < -0.3 is 22.1 Å². The van der Waals surface area contributed by atoms with Gasteiger partial charge in [-0.2, -0.15) is 0 Å². The van der Waals surface area contributed by atoms with Crippen molar-refractivity contribution in [2.45, 2.75) is 31.7 Å². The van der Waals surface area contributed by atoms with Crippen molar-refractivity contribution in [2.75, 3.05) is 13.6 Å². The monoisotopic (exact) mass is 366 g/mol. The minimum absolute atomic E-state index is 0.00654. The number of halogens is 2. The number of nitrogens with one attached hydrogen (secondary N) is 2. The third-order valence-corrected chi connectivity index (χ3v) is 4.33. The highest BCUT2D eigenvalue weighted by atomic mass is 19.3. The highest BCUT2D eigenvalue weighted by molar-refractivity contribution is 6.21. The summed E-state index contributed by atoms with van der Waals surface area (Å²) in [4.78, 5) is 20.8. The van der Waals surface area contributed by atoms with Gasteiger partial charge in [-0.3, -0.25) is 14.8 Å². The van der Waals surface area contributed by atoms with E-state index in [1.54, 1.807) is 14.0 Å². The summed E-state index contributed by atoms with van der Waals surface area (Å²) in [6.45, 7) is 1.90. The lowest BCUT2D eigenvalue weighted by Crippen LogP contribution is -2.43. The number of hydrogen-bond donors (Lipinski definition) is 4. The zero-order valence-electron chi connectivity index (χ0n) is 14.8. The number of alkyl halides is 2. The van der Waals surface area contributed by atoms with Crippen LogP contribution in [0.2, 0.25) is 0 Å². The van der Waals surface area contributed by atoms with Crippen LogP contribution in [0.5, 0.6) is 0 Å². The second-order valence-electron chi connectivity index (χ2n) is 6.38. The zero-order valence-corrected chi connectivity index (χ0v) is 14.8. The highest BCUT2D eigenvalue weighted by Gasteiger charge is 2.43. The molecule has 0 bridgehead atoms. The van der Waals surface area contributed by atoms with E-state index in [1.807, 2.05) is 0 Å². The molecule has 2 rings (SSSR count). The van der Waals surface area contributed by atoms with Crippen LogP contribution in [0.15, 0.2) is 45.3 Å². The molecule has 0 aromatic heterocycles. The summed E-state index contributed by atoms with van der Waals surface area (Å²) in [5.74, 6) is -0.320. The first kappa shape index (κ1) is 19.6. The molecule has 0 aromatic rings. The van der Waals surface area contributed by atoms with Crippen LogP contribution in [0, 0.1) is 5.92 Å². The molecule has 1 unspecified atom stereocenters. The van der Waals surface area contributed by atoms with E-state index in [0.717, 1.165) is 19.0 Å². The maximum absolute atomic E-state index is 13.3. The smallest absolute Gasteiger partial charge is 0.278 e. The van der Waals surface area contributed by atoms with E-state index in [2.05, 4.69) is 20.6 Å². The number of aliphatic imine (C=N–C) groups is 2. The molecule has 6 N–H and O–H groups in total. The lowest BCUT2D eigenvalue weighted by Gasteiger charge is -2.30. The predicted molar refractivity (Wildman–Crippen MR) is 97.8 cm³/mol. The molecule has 9 heteroatoms. The van der Waals surface area contributed by atoms with Crippen molar-refractivity contribution in [3.63, 3.8) is 0 Å². The SMILES string of the molecule is CN=CC(=CN)CNC(=O)C(=CN)C1=NC(C)(C2CC2)C=C(C(F)F)N1. The Hall–Kier alpha value is -2.71. The van der Waals surface area contributed by atoms with Crippen molar-refractivity contribution in [3.8, 4) is 0 Å². The molecule has 1 saturated carbocycles. The fraction of sp³-hybridized carbons (Fsp3) is 0.471. The quantitative estimate of drug-likeness (QED) is 0.394. The first-order chi connectivity index (χ1) is 12.3. The summed E-state index contributed by atoms with van der Waals surface area (Å²) in [6, 6.07) is 0. The number of amides is 1. The molecular weight excluding hydrogens is 342 g/mol. The Labute approximate surface area is 151 Å². The van der Waals surface area contributed by atoms with E-state index in [1.165, 1.54) is 18.5 Å². The minimum Gasteiger partial charge on any atom is -0.404 e. The fourth-order valence-electron chi connectivity index (χ4n) is 2.76. The number of carbonyl (C=O) groups excluding carboxylic acids is 1. The number of amidine groups is 1. The van der Waals surface area contributed by atoms with Crippen molar-refractivity contribution >= 4 is 18.0 Å². The highest BCUT2D eigenvalue weighted by Crippen LogP contribution is 2.44. The second kappa shape index (κ2) is 8.11. The lowest BCUT2D eigenvalue weighted by atomic mass is 9.93. The molecule has 1 amide bonds. The topological polar surface area (TPSA) is 118 Å². The summed E-state index contributed by atoms with van der Waals surface area (Å²) in [6.07, 6.45) is 4.44. The van der Waals surface area contributed by atoms with Crippen molar-refractivity contribution < 1.29 is 13.6 Å².